The van der Waals surface area contributed by atoms with Gasteiger partial charge in [0.05, 0.1) is 12.1 Å². The number of hydrogen-bond acceptors (Lipinski definition) is 6. The molecule has 0 aromatic carbocycles. The van der Waals surface area contributed by atoms with E-state index in [9.17, 15) is 19.5 Å². The Morgan fingerprint density at radius 1 is 1.07 bits per heavy atom. The molecule has 2 N–H and O–H groups in total. The van der Waals surface area contributed by atoms with Crippen LogP contribution in [0.1, 0.15) is 62.3 Å². The van der Waals surface area contributed by atoms with E-state index in [0.717, 1.165) is 16.2 Å². The van der Waals surface area contributed by atoms with E-state index in [2.05, 4.69) is 5.32 Å². The standard InChI is InChI=1S/C18H26N2O6S/c1-17(2,3)25-15(23)19-13-12(14(21)22)10-7-8-20(9-11(10)27-13)16(24)26-18(4,5)6/h7-9H2,1-6H3,(H,19,23)(H,21,22). The maximum atomic E-state index is 12.3. The molecular weight excluding hydrogens is 372 g/mol. The van der Waals surface area contributed by atoms with Gasteiger partial charge in [-0.2, -0.15) is 0 Å². The molecule has 2 rings (SSSR count). The van der Waals surface area contributed by atoms with Gasteiger partial charge in [0.2, 0.25) is 0 Å². The lowest BCUT2D eigenvalue weighted by molar-refractivity contribution is 0.0226. The van der Waals surface area contributed by atoms with Crippen LogP contribution in [0.3, 0.4) is 0 Å². The van der Waals surface area contributed by atoms with Crippen molar-refractivity contribution in [3.63, 3.8) is 0 Å². The summed E-state index contributed by atoms with van der Waals surface area (Å²) in [6.07, 6.45) is -0.782. The van der Waals surface area contributed by atoms with E-state index in [-0.39, 0.29) is 17.1 Å². The van der Waals surface area contributed by atoms with Crippen LogP contribution in [0.4, 0.5) is 14.6 Å². The summed E-state index contributed by atoms with van der Waals surface area (Å²) in [4.78, 5) is 38.3. The molecule has 0 spiro atoms. The summed E-state index contributed by atoms with van der Waals surface area (Å²) >= 11 is 1.14. The van der Waals surface area contributed by atoms with Crippen molar-refractivity contribution < 1.29 is 29.0 Å². The molecule has 8 nitrogen and oxygen atoms in total. The summed E-state index contributed by atoms with van der Waals surface area (Å²) in [5.74, 6) is -1.12. The van der Waals surface area contributed by atoms with Crippen LogP contribution in [0.2, 0.25) is 0 Å². The van der Waals surface area contributed by atoms with Gasteiger partial charge in [-0.15, -0.1) is 11.3 Å². The van der Waals surface area contributed by atoms with Gasteiger partial charge in [-0.3, -0.25) is 5.32 Å². The first-order valence-corrected chi connectivity index (χ1v) is 9.44. The third-order valence-electron chi connectivity index (χ3n) is 3.54. The molecule has 0 bridgehead atoms. The van der Waals surface area contributed by atoms with Crippen LogP contribution in [-0.4, -0.2) is 45.9 Å². The lowest BCUT2D eigenvalue weighted by Gasteiger charge is -2.30. The van der Waals surface area contributed by atoms with Gasteiger partial charge < -0.3 is 19.5 Å². The molecule has 150 valence electrons. The first kappa shape index (κ1) is 21.0. The number of aromatic carboxylic acids is 1. The number of ether oxygens (including phenoxy) is 2. The van der Waals surface area contributed by atoms with E-state index in [1.807, 2.05) is 0 Å². The molecule has 1 aromatic rings. The number of anilines is 1. The third kappa shape index (κ3) is 5.59. The predicted octanol–water partition coefficient (Wildman–Crippen LogP) is 4.09. The highest BCUT2D eigenvalue weighted by molar-refractivity contribution is 7.17. The maximum absolute atomic E-state index is 12.3. The van der Waals surface area contributed by atoms with Gasteiger partial charge in [-0.25, -0.2) is 14.4 Å². The van der Waals surface area contributed by atoms with Crippen molar-refractivity contribution in [1.29, 1.82) is 0 Å². The average molecular weight is 398 g/mol. The Morgan fingerprint density at radius 3 is 2.19 bits per heavy atom. The van der Waals surface area contributed by atoms with Crippen LogP contribution < -0.4 is 5.32 Å². The number of carbonyl (C=O) groups is 3. The molecule has 0 saturated carbocycles. The fourth-order valence-corrected chi connectivity index (χ4v) is 3.84. The second-order valence-electron chi connectivity index (χ2n) is 8.29. The number of hydrogen-bond donors (Lipinski definition) is 2. The first-order valence-electron chi connectivity index (χ1n) is 8.62. The minimum absolute atomic E-state index is 0.0599. The summed E-state index contributed by atoms with van der Waals surface area (Å²) in [5, 5.41) is 12.3. The van der Waals surface area contributed by atoms with Crippen LogP contribution in [0.5, 0.6) is 0 Å². The maximum Gasteiger partial charge on any atom is 0.412 e. The van der Waals surface area contributed by atoms with E-state index in [1.165, 1.54) is 4.90 Å². The average Bonchev–Trinajstić information content (AvgIpc) is 2.79. The Kier molecular flexibility index (Phi) is 5.74. The molecule has 9 heteroatoms. The van der Waals surface area contributed by atoms with Crippen LogP contribution in [0, 0.1) is 0 Å². The van der Waals surface area contributed by atoms with Gasteiger partial charge in [-0.1, -0.05) is 0 Å². The fraction of sp³-hybridized carbons (Fsp3) is 0.611. The smallest absolute Gasteiger partial charge is 0.412 e. The minimum atomic E-state index is -1.12. The number of fused-ring (bicyclic) bond motifs is 1. The third-order valence-corrected chi connectivity index (χ3v) is 4.67. The summed E-state index contributed by atoms with van der Waals surface area (Å²) < 4.78 is 10.6. The van der Waals surface area contributed by atoms with Crippen molar-refractivity contribution in [2.45, 2.75) is 65.7 Å². The largest absolute Gasteiger partial charge is 0.478 e. The number of nitrogens with one attached hydrogen (secondary N) is 1. The van der Waals surface area contributed by atoms with Crippen LogP contribution >= 0.6 is 11.3 Å². The second-order valence-corrected chi connectivity index (χ2v) is 9.40. The highest BCUT2D eigenvalue weighted by atomic mass is 32.1. The lowest BCUT2D eigenvalue weighted by atomic mass is 10.0. The van der Waals surface area contributed by atoms with E-state index in [1.54, 1.807) is 41.5 Å². The summed E-state index contributed by atoms with van der Waals surface area (Å²) in [6, 6.07) is 0. The topological polar surface area (TPSA) is 105 Å². The SMILES string of the molecule is CC(C)(C)OC(=O)Nc1sc2c(c1C(=O)O)CCN(C(=O)OC(C)(C)C)C2. The molecule has 0 saturated heterocycles. The highest BCUT2D eigenvalue weighted by Crippen LogP contribution is 2.37. The monoisotopic (exact) mass is 398 g/mol. The number of amides is 2. The van der Waals surface area contributed by atoms with E-state index < -0.39 is 29.4 Å². The van der Waals surface area contributed by atoms with Gasteiger partial charge in [0.15, 0.2) is 0 Å². The fourth-order valence-electron chi connectivity index (χ4n) is 2.60. The summed E-state index contributed by atoms with van der Waals surface area (Å²) in [7, 11) is 0. The number of nitrogens with zero attached hydrogens (tertiary/aromatic N) is 1. The molecular formula is C18H26N2O6S. The number of carbonyl (C=O) groups excluding carboxylic acids is 2. The van der Waals surface area contributed by atoms with E-state index in [4.69, 9.17) is 9.47 Å². The van der Waals surface area contributed by atoms with Crippen molar-refractivity contribution in [3.05, 3.63) is 16.0 Å². The van der Waals surface area contributed by atoms with Crippen molar-refractivity contribution in [2.24, 2.45) is 0 Å². The Hall–Kier alpha value is -2.29. The number of thiophene rings is 1. The molecule has 0 unspecified atom stereocenters. The Bertz CT molecular complexity index is 757. The van der Waals surface area contributed by atoms with E-state index >= 15 is 0 Å². The van der Waals surface area contributed by atoms with Crippen LogP contribution in [0.25, 0.3) is 0 Å². The molecule has 1 aliphatic rings. The molecule has 2 amide bonds. The van der Waals surface area contributed by atoms with Crippen molar-refractivity contribution >= 4 is 34.5 Å². The van der Waals surface area contributed by atoms with Crippen LogP contribution in [0.15, 0.2) is 0 Å². The normalized spacial score (nSPS) is 14.4. The zero-order chi connectivity index (χ0) is 20.6. The second kappa shape index (κ2) is 7.38. The van der Waals surface area contributed by atoms with Gasteiger partial charge in [-0.05, 0) is 53.5 Å². The summed E-state index contributed by atoms with van der Waals surface area (Å²) in [5.41, 5.74) is -0.608. The molecule has 1 aromatic heterocycles. The first-order chi connectivity index (χ1) is 12.3. The molecule has 0 radical (unpaired) electrons. The van der Waals surface area contributed by atoms with Gasteiger partial charge in [0.1, 0.15) is 16.2 Å². The van der Waals surface area contributed by atoms with Crippen molar-refractivity contribution in [3.8, 4) is 0 Å². The van der Waals surface area contributed by atoms with Gasteiger partial charge in [0, 0.05) is 11.4 Å². The quantitative estimate of drug-likeness (QED) is 0.777. The van der Waals surface area contributed by atoms with Crippen molar-refractivity contribution in [2.75, 3.05) is 11.9 Å². The van der Waals surface area contributed by atoms with Crippen molar-refractivity contribution in [1.82, 2.24) is 4.90 Å². The van der Waals surface area contributed by atoms with E-state index in [0.29, 0.717) is 18.5 Å². The predicted molar refractivity (Wildman–Crippen MR) is 101 cm³/mol. The zero-order valence-electron chi connectivity index (χ0n) is 16.5. The number of carboxylic acid groups (broad SMARTS) is 1. The molecule has 0 aliphatic carbocycles. The Balaban J connectivity index is 2.23. The highest BCUT2D eigenvalue weighted by Gasteiger charge is 2.32. The Morgan fingerprint density at radius 2 is 1.67 bits per heavy atom. The van der Waals surface area contributed by atoms with Crippen LogP contribution in [-0.2, 0) is 22.4 Å². The summed E-state index contributed by atoms with van der Waals surface area (Å²) in [6.45, 7) is 11.1. The molecule has 1 aliphatic heterocycles. The number of rotatable bonds is 2. The number of carboxylic acids is 1. The van der Waals surface area contributed by atoms with Gasteiger partial charge >= 0.3 is 18.2 Å². The van der Waals surface area contributed by atoms with Gasteiger partial charge in [0.25, 0.3) is 0 Å². The molecule has 0 fully saturated rings. The minimum Gasteiger partial charge on any atom is -0.478 e. The lowest BCUT2D eigenvalue weighted by Crippen LogP contribution is -2.39. The molecule has 0 atom stereocenters. The Labute approximate surface area is 162 Å². The molecule has 2 heterocycles. The molecule has 27 heavy (non-hydrogen) atoms. The zero-order valence-corrected chi connectivity index (χ0v) is 17.3.